The highest BCUT2D eigenvalue weighted by Gasteiger charge is 2.37. The Hall–Kier alpha value is 0.640. The van der Waals surface area contributed by atoms with Crippen molar-refractivity contribution in [3.05, 3.63) is 0 Å². The predicted molar refractivity (Wildman–Crippen MR) is 46.6 cm³/mol. The van der Waals surface area contributed by atoms with E-state index < -0.39 is 7.07 Å². The maximum absolute atomic E-state index is 5.99. The molecule has 2 nitrogen and oxygen atoms in total. The van der Waals surface area contributed by atoms with Gasteiger partial charge in [-0.1, -0.05) is 0 Å². The Morgan fingerprint density at radius 3 is 1.70 bits per heavy atom. The van der Waals surface area contributed by atoms with E-state index in [0.29, 0.717) is 13.2 Å². The minimum Gasteiger partial charge on any atom is -0.189 e. The molecule has 0 aromatic heterocycles. The zero-order valence-corrected chi connectivity index (χ0v) is 8.41. The smallest absolute Gasteiger partial charge is 0.189 e. The fourth-order valence-electron chi connectivity index (χ4n) is 0.605. The van der Waals surface area contributed by atoms with Gasteiger partial charge in [0.05, 0.1) is 13.2 Å². The molecule has 4 heteroatoms. The van der Waals surface area contributed by atoms with Gasteiger partial charge in [0.2, 0.25) is 0 Å². The maximum Gasteiger partial charge on any atom is 0.371 e. The minimum atomic E-state index is -1.98. The molecule has 0 amide bonds. The Morgan fingerprint density at radius 1 is 1.10 bits per heavy atom. The molecular formula is C6H15ClO2P+. The second-order valence-electron chi connectivity index (χ2n) is 1.74. The van der Waals surface area contributed by atoms with E-state index in [-0.39, 0.29) is 0 Å². The Bertz CT molecular complexity index is 83.8. The van der Waals surface area contributed by atoms with Crippen molar-refractivity contribution in [2.75, 3.05) is 19.4 Å². The lowest BCUT2D eigenvalue weighted by Crippen LogP contribution is -1.99. The summed E-state index contributed by atoms with van der Waals surface area (Å²) in [5.74, 6) is 0. The molecular weight excluding hydrogens is 170 g/mol. The summed E-state index contributed by atoms with van der Waals surface area (Å²) >= 11 is 5.99. The molecule has 0 saturated carbocycles. The first-order chi connectivity index (χ1) is 4.68. The lowest BCUT2D eigenvalue weighted by atomic mass is 10.9. The minimum absolute atomic E-state index is 0.630. The van der Waals surface area contributed by atoms with Crippen molar-refractivity contribution in [1.82, 2.24) is 0 Å². The molecule has 0 aromatic carbocycles. The van der Waals surface area contributed by atoms with Crippen LogP contribution >= 0.6 is 18.3 Å². The van der Waals surface area contributed by atoms with E-state index in [9.17, 15) is 0 Å². The first-order valence-corrected chi connectivity index (χ1v) is 6.26. The molecule has 0 heterocycles. The summed E-state index contributed by atoms with van der Waals surface area (Å²) in [6.45, 7) is 7.08. The van der Waals surface area contributed by atoms with Gasteiger partial charge in [0, 0.05) is 0 Å². The second kappa shape index (κ2) is 5.31. The predicted octanol–water partition coefficient (Wildman–Crippen LogP) is 3.08. The van der Waals surface area contributed by atoms with Crippen LogP contribution in [0.3, 0.4) is 0 Å². The number of rotatable bonds is 5. The first-order valence-electron chi connectivity index (χ1n) is 3.55. The second-order valence-corrected chi connectivity index (χ2v) is 5.62. The Balaban J connectivity index is 3.69. The molecule has 0 fully saturated rings. The van der Waals surface area contributed by atoms with Crippen molar-refractivity contribution >= 4 is 18.3 Å². The summed E-state index contributed by atoms with van der Waals surface area (Å²) in [6.07, 6.45) is 0.774. The number of hydrogen-bond acceptors (Lipinski definition) is 2. The van der Waals surface area contributed by atoms with Crippen molar-refractivity contribution in [3.63, 3.8) is 0 Å². The molecule has 62 valence electrons. The first kappa shape index (κ1) is 10.6. The molecule has 0 bridgehead atoms. The van der Waals surface area contributed by atoms with E-state index >= 15 is 0 Å². The highest BCUT2D eigenvalue weighted by Crippen LogP contribution is 2.65. The van der Waals surface area contributed by atoms with Crippen LogP contribution in [0.2, 0.25) is 0 Å². The van der Waals surface area contributed by atoms with Gasteiger partial charge in [0.15, 0.2) is 11.2 Å². The Labute approximate surface area is 68.1 Å². The van der Waals surface area contributed by atoms with Crippen molar-refractivity contribution in [1.29, 1.82) is 0 Å². The molecule has 0 unspecified atom stereocenters. The van der Waals surface area contributed by atoms with Crippen molar-refractivity contribution in [3.8, 4) is 0 Å². The third-order valence-electron chi connectivity index (χ3n) is 1.02. The fraction of sp³-hybridized carbons (Fsp3) is 1.00. The highest BCUT2D eigenvalue weighted by molar-refractivity contribution is 7.91. The van der Waals surface area contributed by atoms with Gasteiger partial charge in [0.1, 0.15) is 6.16 Å². The van der Waals surface area contributed by atoms with Crippen molar-refractivity contribution in [2.24, 2.45) is 0 Å². The van der Waals surface area contributed by atoms with E-state index in [0.717, 1.165) is 6.16 Å². The van der Waals surface area contributed by atoms with E-state index in [1.807, 2.05) is 20.8 Å². The standard InChI is InChI=1S/C6H15ClO2P/c1-4-8-10(7,6-3)9-5-2/h4-6H2,1-3H3/q+1. The Morgan fingerprint density at radius 2 is 1.50 bits per heavy atom. The van der Waals surface area contributed by atoms with Crippen LogP contribution in [0.25, 0.3) is 0 Å². The van der Waals surface area contributed by atoms with Crippen LogP contribution in [0.5, 0.6) is 0 Å². The van der Waals surface area contributed by atoms with Crippen LogP contribution < -0.4 is 0 Å². The normalized spacial score (nSPS) is 12.0. The highest BCUT2D eigenvalue weighted by atomic mass is 35.7. The van der Waals surface area contributed by atoms with Crippen LogP contribution in [0, 0.1) is 0 Å². The van der Waals surface area contributed by atoms with Crippen LogP contribution in [-0.2, 0) is 9.05 Å². The van der Waals surface area contributed by atoms with Gasteiger partial charge in [-0.2, -0.15) is 9.05 Å². The van der Waals surface area contributed by atoms with Crippen LogP contribution in [0.1, 0.15) is 20.8 Å². The lowest BCUT2D eigenvalue weighted by molar-refractivity contribution is 0.263. The van der Waals surface area contributed by atoms with E-state index in [2.05, 4.69) is 0 Å². The van der Waals surface area contributed by atoms with Gasteiger partial charge in [-0.15, -0.1) is 0 Å². The molecule has 0 aromatic rings. The van der Waals surface area contributed by atoms with E-state index in [1.54, 1.807) is 0 Å². The van der Waals surface area contributed by atoms with Gasteiger partial charge in [-0.25, -0.2) is 0 Å². The Kier molecular flexibility index (Phi) is 5.65. The summed E-state index contributed by atoms with van der Waals surface area (Å²) in [5.41, 5.74) is 0. The average Bonchev–Trinajstić information content (AvgIpc) is 1.89. The molecule has 0 atom stereocenters. The van der Waals surface area contributed by atoms with Gasteiger partial charge in [-0.3, -0.25) is 0 Å². The number of halogens is 1. The van der Waals surface area contributed by atoms with Crippen molar-refractivity contribution < 1.29 is 9.05 Å². The summed E-state index contributed by atoms with van der Waals surface area (Å²) in [4.78, 5) is 0. The van der Waals surface area contributed by atoms with E-state index in [4.69, 9.17) is 20.3 Å². The molecule has 0 N–H and O–H groups in total. The van der Waals surface area contributed by atoms with Crippen molar-refractivity contribution in [2.45, 2.75) is 20.8 Å². The molecule has 10 heavy (non-hydrogen) atoms. The quantitative estimate of drug-likeness (QED) is 0.613. The molecule has 0 spiro atoms. The third kappa shape index (κ3) is 3.72. The molecule has 0 saturated heterocycles. The molecule has 0 rings (SSSR count). The SMILES string of the molecule is CCO[P+](Cl)(CC)OCC. The third-order valence-corrected chi connectivity index (χ3v) is 4.37. The number of hydrogen-bond donors (Lipinski definition) is 0. The maximum atomic E-state index is 5.99. The zero-order valence-electron chi connectivity index (χ0n) is 6.76. The summed E-state index contributed by atoms with van der Waals surface area (Å²) in [7, 11) is -1.98. The monoisotopic (exact) mass is 185 g/mol. The molecule has 0 aliphatic heterocycles. The molecule has 0 aliphatic carbocycles. The summed E-state index contributed by atoms with van der Waals surface area (Å²) in [6, 6.07) is 0. The lowest BCUT2D eigenvalue weighted by Gasteiger charge is -2.12. The topological polar surface area (TPSA) is 18.5 Å². The van der Waals surface area contributed by atoms with Crippen LogP contribution in [0.15, 0.2) is 0 Å². The molecule has 0 radical (unpaired) electrons. The van der Waals surface area contributed by atoms with E-state index in [1.165, 1.54) is 0 Å². The zero-order chi connectivity index (χ0) is 8.04. The van der Waals surface area contributed by atoms with Crippen LogP contribution in [0.4, 0.5) is 0 Å². The largest absolute Gasteiger partial charge is 0.371 e. The van der Waals surface area contributed by atoms with Gasteiger partial charge in [0.25, 0.3) is 0 Å². The van der Waals surface area contributed by atoms with Crippen LogP contribution in [-0.4, -0.2) is 19.4 Å². The average molecular weight is 186 g/mol. The summed E-state index contributed by atoms with van der Waals surface area (Å²) in [5, 5.41) is 0. The summed E-state index contributed by atoms with van der Waals surface area (Å²) < 4.78 is 10.5. The fourth-order valence-corrected chi connectivity index (χ4v) is 2.40. The molecule has 0 aliphatic rings. The van der Waals surface area contributed by atoms with Gasteiger partial charge in [-0.05, 0) is 20.8 Å². The van der Waals surface area contributed by atoms with Gasteiger partial charge < -0.3 is 0 Å². The van der Waals surface area contributed by atoms with Gasteiger partial charge >= 0.3 is 7.07 Å².